The van der Waals surface area contributed by atoms with Gasteiger partial charge in [-0.3, -0.25) is 9.69 Å². The van der Waals surface area contributed by atoms with Gasteiger partial charge in [-0.05, 0) is 66.8 Å². The van der Waals surface area contributed by atoms with E-state index in [-0.39, 0.29) is 0 Å². The summed E-state index contributed by atoms with van der Waals surface area (Å²) in [5.41, 5.74) is -0.805. The standard InChI is InChI=1S/C16H35N3O2/c1-7-11-17-16(4,15(20)21)10-9-12-19(8-2)14(3)13-18(5)6/h14,17H,7-13H2,1-6H3,(H,20,21). The fourth-order valence-electron chi connectivity index (χ4n) is 2.64. The largest absolute Gasteiger partial charge is 0.480 e. The molecule has 0 rings (SSSR count). The molecule has 0 aromatic heterocycles. The molecular weight excluding hydrogens is 266 g/mol. The second-order valence-corrected chi connectivity index (χ2v) is 6.41. The van der Waals surface area contributed by atoms with Gasteiger partial charge in [0, 0.05) is 12.6 Å². The van der Waals surface area contributed by atoms with Crippen molar-refractivity contribution in [1.29, 1.82) is 0 Å². The molecule has 126 valence electrons. The summed E-state index contributed by atoms with van der Waals surface area (Å²) in [4.78, 5) is 16.1. The Hall–Kier alpha value is -0.650. The molecule has 0 saturated carbocycles. The molecule has 0 aromatic rings. The Morgan fingerprint density at radius 2 is 1.95 bits per heavy atom. The molecule has 0 spiro atoms. The van der Waals surface area contributed by atoms with Gasteiger partial charge in [0.05, 0.1) is 0 Å². The first-order valence-electron chi connectivity index (χ1n) is 8.14. The van der Waals surface area contributed by atoms with Crippen LogP contribution in [0.4, 0.5) is 0 Å². The molecule has 5 heteroatoms. The molecule has 21 heavy (non-hydrogen) atoms. The number of carbonyl (C=O) groups is 1. The molecule has 5 nitrogen and oxygen atoms in total. The maximum atomic E-state index is 11.5. The molecule has 0 aliphatic heterocycles. The van der Waals surface area contributed by atoms with E-state index >= 15 is 0 Å². The van der Waals surface area contributed by atoms with Crippen molar-refractivity contribution < 1.29 is 9.90 Å². The lowest BCUT2D eigenvalue weighted by atomic mass is 9.95. The van der Waals surface area contributed by atoms with Gasteiger partial charge >= 0.3 is 5.97 Å². The van der Waals surface area contributed by atoms with Crippen LogP contribution in [0.25, 0.3) is 0 Å². The average Bonchev–Trinajstić information content (AvgIpc) is 2.40. The van der Waals surface area contributed by atoms with Crippen LogP contribution in [0.5, 0.6) is 0 Å². The van der Waals surface area contributed by atoms with Gasteiger partial charge in [-0.2, -0.15) is 0 Å². The molecule has 0 saturated heterocycles. The van der Waals surface area contributed by atoms with E-state index < -0.39 is 11.5 Å². The number of likely N-dealkylation sites (N-methyl/N-ethyl adjacent to an activating group) is 2. The topological polar surface area (TPSA) is 55.8 Å². The predicted octanol–water partition coefficient (Wildman–Crippen LogP) is 1.88. The van der Waals surface area contributed by atoms with E-state index in [0.29, 0.717) is 12.5 Å². The van der Waals surface area contributed by atoms with Gasteiger partial charge in [0.2, 0.25) is 0 Å². The van der Waals surface area contributed by atoms with Crippen molar-refractivity contribution in [3.63, 3.8) is 0 Å². The normalized spacial score (nSPS) is 16.2. The first kappa shape index (κ1) is 20.3. The SMILES string of the molecule is CCCNC(C)(CCCN(CC)C(C)CN(C)C)C(=O)O. The third-order valence-corrected chi connectivity index (χ3v) is 4.02. The third kappa shape index (κ3) is 7.79. The molecule has 0 heterocycles. The zero-order chi connectivity index (χ0) is 16.5. The van der Waals surface area contributed by atoms with E-state index in [1.54, 1.807) is 6.92 Å². The van der Waals surface area contributed by atoms with Gasteiger partial charge in [0.25, 0.3) is 0 Å². The van der Waals surface area contributed by atoms with Crippen molar-refractivity contribution in [3.8, 4) is 0 Å². The zero-order valence-electron chi connectivity index (χ0n) is 14.8. The molecule has 2 N–H and O–H groups in total. The van der Waals surface area contributed by atoms with Crippen molar-refractivity contribution in [2.45, 2.75) is 58.5 Å². The second kappa shape index (κ2) is 10.1. The Labute approximate surface area is 130 Å². The minimum atomic E-state index is -0.805. The highest BCUT2D eigenvalue weighted by Crippen LogP contribution is 2.14. The van der Waals surface area contributed by atoms with Crippen molar-refractivity contribution in [1.82, 2.24) is 15.1 Å². The molecule has 0 radical (unpaired) electrons. The van der Waals surface area contributed by atoms with Crippen LogP contribution in [-0.4, -0.2) is 72.7 Å². The summed E-state index contributed by atoms with van der Waals surface area (Å²) < 4.78 is 0. The number of nitrogens with zero attached hydrogens (tertiary/aromatic N) is 2. The predicted molar refractivity (Wildman–Crippen MR) is 88.8 cm³/mol. The van der Waals surface area contributed by atoms with Crippen LogP contribution in [0.1, 0.15) is 47.0 Å². The van der Waals surface area contributed by atoms with Crippen LogP contribution in [0.3, 0.4) is 0 Å². The molecule has 0 fully saturated rings. The Morgan fingerprint density at radius 3 is 2.38 bits per heavy atom. The molecule has 0 amide bonds. The number of carboxylic acids is 1. The van der Waals surface area contributed by atoms with Crippen molar-refractivity contribution in [3.05, 3.63) is 0 Å². The summed E-state index contributed by atoms with van der Waals surface area (Å²) in [5.74, 6) is -0.750. The minimum Gasteiger partial charge on any atom is -0.480 e. The highest BCUT2D eigenvalue weighted by Gasteiger charge is 2.31. The fourth-order valence-corrected chi connectivity index (χ4v) is 2.64. The first-order chi connectivity index (χ1) is 9.76. The Balaban J connectivity index is 4.36. The van der Waals surface area contributed by atoms with Crippen molar-refractivity contribution in [2.75, 3.05) is 40.3 Å². The van der Waals surface area contributed by atoms with Crippen molar-refractivity contribution >= 4 is 5.97 Å². The van der Waals surface area contributed by atoms with Gasteiger partial charge in [-0.25, -0.2) is 0 Å². The quantitative estimate of drug-likeness (QED) is 0.576. The molecule has 0 bridgehead atoms. The van der Waals surface area contributed by atoms with Gasteiger partial charge in [-0.1, -0.05) is 13.8 Å². The molecule has 0 aromatic carbocycles. The molecule has 0 aliphatic carbocycles. The van der Waals surface area contributed by atoms with Crippen LogP contribution >= 0.6 is 0 Å². The Bertz CT molecular complexity index is 297. The number of carboxylic acid groups (broad SMARTS) is 1. The fraction of sp³-hybridized carbons (Fsp3) is 0.938. The monoisotopic (exact) mass is 301 g/mol. The van der Waals surface area contributed by atoms with Gasteiger partial charge in [0.1, 0.15) is 5.54 Å². The first-order valence-corrected chi connectivity index (χ1v) is 8.14. The lowest BCUT2D eigenvalue weighted by molar-refractivity contribution is -0.144. The summed E-state index contributed by atoms with van der Waals surface area (Å²) in [6, 6.07) is 0.490. The van der Waals surface area contributed by atoms with Gasteiger partial charge < -0.3 is 15.3 Å². The summed E-state index contributed by atoms with van der Waals surface area (Å²) in [7, 11) is 4.17. The zero-order valence-corrected chi connectivity index (χ0v) is 14.8. The molecular formula is C16H35N3O2. The maximum absolute atomic E-state index is 11.5. The van der Waals surface area contributed by atoms with E-state index in [4.69, 9.17) is 0 Å². The number of rotatable bonds is 12. The lowest BCUT2D eigenvalue weighted by Crippen LogP contribution is -2.50. The van der Waals surface area contributed by atoms with Crippen LogP contribution in [0, 0.1) is 0 Å². The van der Waals surface area contributed by atoms with Gasteiger partial charge in [0.15, 0.2) is 0 Å². The van der Waals surface area contributed by atoms with E-state index in [0.717, 1.165) is 39.0 Å². The van der Waals surface area contributed by atoms with Crippen LogP contribution in [0.2, 0.25) is 0 Å². The molecule has 0 aliphatic rings. The maximum Gasteiger partial charge on any atom is 0.323 e. The average molecular weight is 301 g/mol. The Kier molecular flexibility index (Phi) is 9.83. The summed E-state index contributed by atoms with van der Waals surface area (Å²) in [6.07, 6.45) is 2.50. The molecule has 2 unspecified atom stereocenters. The lowest BCUT2D eigenvalue weighted by Gasteiger charge is -2.32. The van der Waals surface area contributed by atoms with E-state index in [9.17, 15) is 9.90 Å². The number of hydrogen-bond donors (Lipinski definition) is 2. The highest BCUT2D eigenvalue weighted by atomic mass is 16.4. The summed E-state index contributed by atoms with van der Waals surface area (Å²) in [5, 5.41) is 12.6. The van der Waals surface area contributed by atoms with E-state index in [1.165, 1.54) is 0 Å². The summed E-state index contributed by atoms with van der Waals surface area (Å²) >= 11 is 0. The number of aliphatic carboxylic acids is 1. The van der Waals surface area contributed by atoms with E-state index in [2.05, 4.69) is 50.0 Å². The van der Waals surface area contributed by atoms with Gasteiger partial charge in [-0.15, -0.1) is 0 Å². The number of nitrogens with one attached hydrogen (secondary N) is 1. The smallest absolute Gasteiger partial charge is 0.323 e. The van der Waals surface area contributed by atoms with Crippen molar-refractivity contribution in [2.24, 2.45) is 0 Å². The van der Waals surface area contributed by atoms with Crippen LogP contribution in [0.15, 0.2) is 0 Å². The minimum absolute atomic E-state index is 0.490. The second-order valence-electron chi connectivity index (χ2n) is 6.41. The molecule has 2 atom stereocenters. The number of hydrogen-bond acceptors (Lipinski definition) is 4. The van der Waals surface area contributed by atoms with E-state index in [1.807, 2.05) is 0 Å². The van der Waals surface area contributed by atoms with Crippen LogP contribution in [-0.2, 0) is 4.79 Å². The summed E-state index contributed by atoms with van der Waals surface area (Å²) in [6.45, 7) is 12.0. The highest BCUT2D eigenvalue weighted by molar-refractivity contribution is 5.78. The Morgan fingerprint density at radius 1 is 1.33 bits per heavy atom. The van der Waals surface area contributed by atoms with Crippen LogP contribution < -0.4 is 5.32 Å². The third-order valence-electron chi connectivity index (χ3n) is 4.02.